The third kappa shape index (κ3) is 5.20. The number of hydrogen-bond acceptors (Lipinski definition) is 6. The van der Waals surface area contributed by atoms with Crippen LogP contribution >= 0.6 is 11.3 Å². The molecular formula is C20H21N3O5S. The molecule has 8 nitrogen and oxygen atoms in total. The van der Waals surface area contributed by atoms with Gasteiger partial charge in [0.25, 0.3) is 11.8 Å². The van der Waals surface area contributed by atoms with Crippen molar-refractivity contribution in [3.05, 3.63) is 57.8 Å². The number of nitrogens with one attached hydrogen (secondary N) is 1. The molecule has 0 unspecified atom stereocenters. The fourth-order valence-corrected chi connectivity index (χ4v) is 3.52. The van der Waals surface area contributed by atoms with E-state index >= 15 is 0 Å². The first kappa shape index (κ1) is 20.5. The third-order valence-corrected chi connectivity index (χ3v) is 5.20. The number of likely N-dealkylation sites (tertiary alicyclic amines) is 1. The number of rotatable bonds is 3. The maximum Gasteiger partial charge on any atom is 0.436 e. The van der Waals surface area contributed by atoms with Crippen LogP contribution in [0.15, 0.2) is 41.1 Å². The van der Waals surface area contributed by atoms with E-state index in [4.69, 9.17) is 4.74 Å². The molecule has 1 aromatic heterocycles. The van der Waals surface area contributed by atoms with Crippen LogP contribution in [-0.4, -0.2) is 53.9 Å². The van der Waals surface area contributed by atoms with Crippen molar-refractivity contribution in [2.45, 2.75) is 19.3 Å². The number of piperidine rings is 1. The summed E-state index contributed by atoms with van der Waals surface area (Å²) in [4.78, 5) is 50.4. The molecular weight excluding hydrogens is 394 g/mol. The Morgan fingerprint density at radius 2 is 1.62 bits per heavy atom. The molecule has 9 heteroatoms. The van der Waals surface area contributed by atoms with Crippen LogP contribution in [0.3, 0.4) is 0 Å². The second kappa shape index (κ2) is 9.33. The Hall–Kier alpha value is -3.20. The largest absolute Gasteiger partial charge is 0.436 e. The number of benzene rings is 1. The van der Waals surface area contributed by atoms with E-state index in [0.717, 1.165) is 37.4 Å². The molecule has 1 aromatic carbocycles. The molecule has 3 rings (SSSR count). The van der Waals surface area contributed by atoms with Crippen molar-refractivity contribution in [2.24, 2.45) is 0 Å². The van der Waals surface area contributed by atoms with E-state index < -0.39 is 18.0 Å². The lowest BCUT2D eigenvalue weighted by Gasteiger charge is -2.26. The molecule has 1 N–H and O–H groups in total. The Morgan fingerprint density at radius 3 is 2.24 bits per heavy atom. The highest BCUT2D eigenvalue weighted by atomic mass is 32.1. The topological polar surface area (TPSA) is 96.0 Å². The number of nitrogens with zero attached hydrogens (tertiary/aromatic N) is 2. The van der Waals surface area contributed by atoms with Gasteiger partial charge in [-0.25, -0.2) is 14.6 Å². The minimum atomic E-state index is -1.01. The molecule has 0 saturated carbocycles. The van der Waals surface area contributed by atoms with E-state index in [0.29, 0.717) is 5.56 Å². The van der Waals surface area contributed by atoms with Crippen LogP contribution in [0.4, 0.5) is 4.79 Å². The van der Waals surface area contributed by atoms with Gasteiger partial charge in [0.1, 0.15) is 0 Å². The maximum absolute atomic E-state index is 12.5. The van der Waals surface area contributed by atoms with Crippen LogP contribution in [0, 0.1) is 0 Å². The minimum absolute atomic E-state index is 0.0516. The molecule has 1 saturated heterocycles. The van der Waals surface area contributed by atoms with E-state index in [1.807, 2.05) is 4.90 Å². The summed E-state index contributed by atoms with van der Waals surface area (Å²) in [6.07, 6.45) is 2.14. The van der Waals surface area contributed by atoms with E-state index in [1.54, 1.807) is 22.9 Å². The minimum Gasteiger partial charge on any atom is -0.371 e. The summed E-state index contributed by atoms with van der Waals surface area (Å²) in [7, 11) is 1.27. The first-order chi connectivity index (χ1) is 14.0. The van der Waals surface area contributed by atoms with Gasteiger partial charge in [-0.2, -0.15) is 11.3 Å². The molecule has 3 amide bonds. The highest BCUT2D eigenvalue weighted by molar-refractivity contribution is 7.08. The fourth-order valence-electron chi connectivity index (χ4n) is 2.89. The summed E-state index contributed by atoms with van der Waals surface area (Å²) in [6, 6.07) is 7.74. The van der Waals surface area contributed by atoms with Gasteiger partial charge in [0.05, 0.1) is 5.56 Å². The van der Waals surface area contributed by atoms with Crippen molar-refractivity contribution >= 4 is 35.2 Å². The number of thiophene rings is 1. The molecule has 0 spiro atoms. The van der Waals surface area contributed by atoms with E-state index in [2.05, 4.69) is 5.43 Å². The monoisotopic (exact) mass is 415 g/mol. The summed E-state index contributed by atoms with van der Waals surface area (Å²) in [5, 5.41) is 4.03. The second-order valence-electron chi connectivity index (χ2n) is 6.60. The van der Waals surface area contributed by atoms with E-state index in [-0.39, 0.29) is 17.0 Å². The van der Waals surface area contributed by atoms with Gasteiger partial charge in [-0.05, 0) is 55.0 Å². The lowest BCUT2D eigenvalue weighted by atomic mass is 10.1. The smallest absolute Gasteiger partial charge is 0.371 e. The molecule has 0 bridgehead atoms. The normalized spacial score (nSPS) is 13.5. The Labute approximate surface area is 172 Å². The summed E-state index contributed by atoms with van der Waals surface area (Å²) in [6.45, 7) is 1.50. The number of amides is 3. The van der Waals surface area contributed by atoms with Crippen LogP contribution < -0.4 is 5.43 Å². The van der Waals surface area contributed by atoms with Crippen molar-refractivity contribution in [1.82, 2.24) is 15.3 Å². The molecule has 1 aliphatic heterocycles. The van der Waals surface area contributed by atoms with Gasteiger partial charge in [0, 0.05) is 36.6 Å². The zero-order valence-corrected chi connectivity index (χ0v) is 16.7. The first-order valence-corrected chi connectivity index (χ1v) is 10.1. The van der Waals surface area contributed by atoms with Crippen LogP contribution in [-0.2, 0) is 4.74 Å². The lowest BCUT2D eigenvalue weighted by Crippen LogP contribution is -2.44. The van der Waals surface area contributed by atoms with Gasteiger partial charge in [0.2, 0.25) is 0 Å². The molecule has 0 atom stereocenters. The predicted octanol–water partition coefficient (Wildman–Crippen LogP) is 2.93. The summed E-state index contributed by atoms with van der Waals surface area (Å²) < 4.78 is 4.70. The predicted molar refractivity (Wildman–Crippen MR) is 107 cm³/mol. The maximum atomic E-state index is 12.5. The summed E-state index contributed by atoms with van der Waals surface area (Å²) in [5.74, 6) is -1.41. The molecule has 0 aliphatic carbocycles. The summed E-state index contributed by atoms with van der Waals surface area (Å²) >= 11 is 1.30. The number of carbonyl (C=O) groups excluding carboxylic acids is 4. The van der Waals surface area contributed by atoms with Gasteiger partial charge in [-0.3, -0.25) is 15.0 Å². The first-order valence-electron chi connectivity index (χ1n) is 9.18. The van der Waals surface area contributed by atoms with Gasteiger partial charge in [-0.1, -0.05) is 0 Å². The molecule has 1 aliphatic rings. The number of carbonyl (C=O) groups is 4. The second-order valence-corrected chi connectivity index (χ2v) is 7.38. The quantitative estimate of drug-likeness (QED) is 0.472. The van der Waals surface area contributed by atoms with Crippen molar-refractivity contribution < 1.29 is 23.9 Å². The Balaban J connectivity index is 1.55. The van der Waals surface area contributed by atoms with Gasteiger partial charge in [-0.15, -0.1) is 0 Å². The molecule has 152 valence electrons. The van der Waals surface area contributed by atoms with Crippen LogP contribution in [0.2, 0.25) is 0 Å². The average molecular weight is 415 g/mol. The van der Waals surface area contributed by atoms with Crippen molar-refractivity contribution in [2.75, 3.05) is 20.1 Å². The summed E-state index contributed by atoms with van der Waals surface area (Å²) in [5.41, 5.74) is 3.37. The number of esters is 1. The standard InChI is InChI=1S/C20H21N3O5S/c1-22(20(27)28-19(26)16-9-12-29-13-16)21-17(24)14-5-7-15(8-6-14)18(25)23-10-3-2-4-11-23/h5-9,12-13H,2-4,10-11H2,1H3,(H,21,24). The van der Waals surface area contributed by atoms with E-state index in [9.17, 15) is 19.2 Å². The Bertz CT molecular complexity index is 889. The molecule has 1 fully saturated rings. The highest BCUT2D eigenvalue weighted by Crippen LogP contribution is 2.14. The van der Waals surface area contributed by atoms with Gasteiger partial charge >= 0.3 is 12.1 Å². The SMILES string of the molecule is CN(NC(=O)c1ccc(C(=O)N2CCCCC2)cc1)C(=O)OC(=O)c1ccsc1. The van der Waals surface area contributed by atoms with E-state index in [1.165, 1.54) is 36.6 Å². The van der Waals surface area contributed by atoms with Gasteiger partial charge < -0.3 is 9.64 Å². The molecule has 0 radical (unpaired) electrons. The fraction of sp³-hybridized carbons (Fsp3) is 0.300. The zero-order valence-electron chi connectivity index (χ0n) is 15.9. The van der Waals surface area contributed by atoms with Crippen LogP contribution in [0.25, 0.3) is 0 Å². The van der Waals surface area contributed by atoms with Crippen molar-refractivity contribution in [3.8, 4) is 0 Å². The lowest BCUT2D eigenvalue weighted by molar-refractivity contribution is 0.0498. The molecule has 29 heavy (non-hydrogen) atoms. The average Bonchev–Trinajstić information content (AvgIpc) is 3.29. The highest BCUT2D eigenvalue weighted by Gasteiger charge is 2.21. The van der Waals surface area contributed by atoms with Crippen molar-refractivity contribution in [1.29, 1.82) is 0 Å². The Morgan fingerprint density at radius 1 is 0.966 bits per heavy atom. The Kier molecular flexibility index (Phi) is 6.61. The van der Waals surface area contributed by atoms with Crippen LogP contribution in [0.5, 0.6) is 0 Å². The molecule has 2 heterocycles. The van der Waals surface area contributed by atoms with Gasteiger partial charge in [0.15, 0.2) is 0 Å². The number of hydrogen-bond donors (Lipinski definition) is 1. The van der Waals surface area contributed by atoms with Crippen molar-refractivity contribution in [3.63, 3.8) is 0 Å². The number of hydrazine groups is 1. The molecule has 2 aromatic rings. The van der Waals surface area contributed by atoms with Crippen LogP contribution in [0.1, 0.15) is 50.3 Å². The third-order valence-electron chi connectivity index (χ3n) is 4.52. The zero-order chi connectivity index (χ0) is 20.8. The number of ether oxygens (including phenoxy) is 1.